The molecular formula is C15H21N3OS. The third kappa shape index (κ3) is 3.61. The van der Waals surface area contributed by atoms with Crippen molar-refractivity contribution in [1.82, 2.24) is 9.88 Å². The molecule has 0 amide bonds. The molecule has 0 aromatic carbocycles. The fraction of sp³-hybridized carbons (Fsp3) is 0.533. The highest BCUT2D eigenvalue weighted by Crippen LogP contribution is 2.31. The van der Waals surface area contributed by atoms with Crippen LogP contribution in [0, 0.1) is 0 Å². The van der Waals surface area contributed by atoms with Gasteiger partial charge in [-0.3, -0.25) is 4.90 Å². The van der Waals surface area contributed by atoms with Crippen molar-refractivity contribution < 1.29 is 4.42 Å². The quantitative estimate of drug-likeness (QED) is 0.805. The highest BCUT2D eigenvalue weighted by molar-refractivity contribution is 7.15. The van der Waals surface area contributed by atoms with E-state index in [1.165, 1.54) is 17.7 Å². The fourth-order valence-corrected chi connectivity index (χ4v) is 3.11. The minimum Gasteiger partial charge on any atom is -0.468 e. The van der Waals surface area contributed by atoms with Gasteiger partial charge in [0.05, 0.1) is 12.8 Å². The van der Waals surface area contributed by atoms with Crippen LogP contribution in [0.2, 0.25) is 0 Å². The Kier molecular flexibility index (Phi) is 4.38. The third-order valence-electron chi connectivity index (χ3n) is 3.44. The highest BCUT2D eigenvalue weighted by atomic mass is 32.1. The van der Waals surface area contributed by atoms with E-state index < -0.39 is 0 Å². The number of hydrogen-bond acceptors (Lipinski definition) is 5. The smallest absolute Gasteiger partial charge is 0.182 e. The molecule has 5 heteroatoms. The predicted molar refractivity (Wildman–Crippen MR) is 81.9 cm³/mol. The highest BCUT2D eigenvalue weighted by Gasteiger charge is 2.29. The number of hydrogen-bond donors (Lipinski definition) is 1. The molecule has 1 aliphatic carbocycles. The van der Waals surface area contributed by atoms with Gasteiger partial charge in [-0.25, -0.2) is 4.98 Å². The van der Waals surface area contributed by atoms with E-state index in [1.807, 2.05) is 12.3 Å². The van der Waals surface area contributed by atoms with Gasteiger partial charge in [-0.1, -0.05) is 6.92 Å². The lowest BCUT2D eigenvalue weighted by Gasteiger charge is -2.19. The first-order valence-corrected chi connectivity index (χ1v) is 8.12. The SMILES string of the molecule is CCCNc1ncc(CN(Cc2ccco2)C2CC2)s1. The second-order valence-electron chi connectivity index (χ2n) is 5.27. The maximum atomic E-state index is 5.47. The Morgan fingerprint density at radius 2 is 2.35 bits per heavy atom. The van der Waals surface area contributed by atoms with Crippen LogP contribution in [0.25, 0.3) is 0 Å². The number of thiazole rings is 1. The van der Waals surface area contributed by atoms with E-state index in [9.17, 15) is 0 Å². The maximum Gasteiger partial charge on any atom is 0.182 e. The average molecular weight is 291 g/mol. The summed E-state index contributed by atoms with van der Waals surface area (Å²) in [5, 5.41) is 4.39. The van der Waals surface area contributed by atoms with Crippen molar-refractivity contribution in [3.8, 4) is 0 Å². The molecule has 0 atom stereocenters. The van der Waals surface area contributed by atoms with E-state index in [0.717, 1.165) is 36.9 Å². The number of aromatic nitrogens is 1. The molecule has 1 aliphatic rings. The summed E-state index contributed by atoms with van der Waals surface area (Å²) in [6.45, 7) is 5.02. The second-order valence-corrected chi connectivity index (χ2v) is 6.39. The summed E-state index contributed by atoms with van der Waals surface area (Å²) in [5.74, 6) is 1.05. The lowest BCUT2D eigenvalue weighted by Crippen LogP contribution is -2.24. The molecule has 1 saturated carbocycles. The van der Waals surface area contributed by atoms with Crippen LogP contribution >= 0.6 is 11.3 Å². The van der Waals surface area contributed by atoms with Gasteiger partial charge < -0.3 is 9.73 Å². The number of nitrogens with one attached hydrogen (secondary N) is 1. The molecule has 0 aliphatic heterocycles. The fourth-order valence-electron chi connectivity index (χ4n) is 2.25. The Hall–Kier alpha value is -1.33. The summed E-state index contributed by atoms with van der Waals surface area (Å²) in [6, 6.07) is 4.73. The Labute approximate surface area is 123 Å². The molecule has 2 heterocycles. The Morgan fingerprint density at radius 3 is 3.05 bits per heavy atom. The third-order valence-corrected chi connectivity index (χ3v) is 4.38. The zero-order valence-corrected chi connectivity index (χ0v) is 12.7. The van der Waals surface area contributed by atoms with Crippen molar-refractivity contribution in [3.63, 3.8) is 0 Å². The normalized spacial score (nSPS) is 14.9. The topological polar surface area (TPSA) is 41.3 Å². The average Bonchev–Trinajstić information content (AvgIpc) is 3.00. The van der Waals surface area contributed by atoms with E-state index in [4.69, 9.17) is 4.42 Å². The molecule has 0 spiro atoms. The summed E-state index contributed by atoms with van der Waals surface area (Å²) in [4.78, 5) is 8.26. The van der Waals surface area contributed by atoms with Crippen LogP contribution in [0.4, 0.5) is 5.13 Å². The largest absolute Gasteiger partial charge is 0.468 e. The van der Waals surface area contributed by atoms with Crippen molar-refractivity contribution in [2.24, 2.45) is 0 Å². The minimum atomic E-state index is 0.717. The summed E-state index contributed by atoms with van der Waals surface area (Å²) in [7, 11) is 0. The number of furan rings is 1. The lowest BCUT2D eigenvalue weighted by molar-refractivity contribution is 0.227. The zero-order chi connectivity index (χ0) is 13.8. The lowest BCUT2D eigenvalue weighted by atomic mass is 10.3. The minimum absolute atomic E-state index is 0.717. The predicted octanol–water partition coefficient (Wildman–Crippen LogP) is 3.72. The summed E-state index contributed by atoms with van der Waals surface area (Å²) >= 11 is 1.76. The molecule has 0 radical (unpaired) electrons. The monoisotopic (exact) mass is 291 g/mol. The van der Waals surface area contributed by atoms with E-state index in [1.54, 1.807) is 17.6 Å². The molecular weight excluding hydrogens is 270 g/mol. The molecule has 1 fully saturated rings. The molecule has 2 aromatic rings. The zero-order valence-electron chi connectivity index (χ0n) is 11.8. The van der Waals surface area contributed by atoms with Gasteiger partial charge in [-0.05, 0) is 31.4 Å². The molecule has 108 valence electrons. The van der Waals surface area contributed by atoms with E-state index in [2.05, 4.69) is 28.2 Å². The van der Waals surface area contributed by atoms with Gasteiger partial charge in [-0.2, -0.15) is 0 Å². The Bertz CT molecular complexity index is 519. The van der Waals surface area contributed by atoms with Crippen molar-refractivity contribution in [3.05, 3.63) is 35.2 Å². The van der Waals surface area contributed by atoms with Crippen molar-refractivity contribution in [1.29, 1.82) is 0 Å². The van der Waals surface area contributed by atoms with Crippen LogP contribution in [0.3, 0.4) is 0 Å². The first kappa shape index (κ1) is 13.6. The van der Waals surface area contributed by atoms with Gasteiger partial charge >= 0.3 is 0 Å². The molecule has 0 saturated heterocycles. The molecule has 1 N–H and O–H groups in total. The van der Waals surface area contributed by atoms with Crippen molar-refractivity contribution in [2.75, 3.05) is 11.9 Å². The van der Waals surface area contributed by atoms with Crippen LogP contribution in [0.1, 0.15) is 36.8 Å². The van der Waals surface area contributed by atoms with Crippen LogP contribution < -0.4 is 5.32 Å². The van der Waals surface area contributed by atoms with Crippen molar-refractivity contribution >= 4 is 16.5 Å². The maximum absolute atomic E-state index is 5.47. The first-order chi connectivity index (χ1) is 9.85. The summed E-state index contributed by atoms with van der Waals surface area (Å²) < 4.78 is 5.47. The van der Waals surface area contributed by atoms with Crippen LogP contribution in [0.5, 0.6) is 0 Å². The van der Waals surface area contributed by atoms with Crippen LogP contribution in [-0.2, 0) is 13.1 Å². The van der Waals surface area contributed by atoms with Gasteiger partial charge in [0.1, 0.15) is 5.76 Å². The first-order valence-electron chi connectivity index (χ1n) is 7.30. The van der Waals surface area contributed by atoms with Gasteiger partial charge in [0.25, 0.3) is 0 Å². The van der Waals surface area contributed by atoms with Crippen LogP contribution in [0.15, 0.2) is 29.0 Å². The molecule has 4 nitrogen and oxygen atoms in total. The van der Waals surface area contributed by atoms with Crippen LogP contribution in [-0.4, -0.2) is 22.5 Å². The number of rotatable bonds is 8. The standard InChI is InChI=1S/C15H21N3OS/c1-2-7-16-15-17-9-14(20-15)11-18(12-5-6-12)10-13-4-3-8-19-13/h3-4,8-9,12H,2,5-7,10-11H2,1H3,(H,16,17). The second kappa shape index (κ2) is 6.41. The van der Waals surface area contributed by atoms with Gasteiger partial charge in [-0.15, -0.1) is 11.3 Å². The van der Waals surface area contributed by atoms with Crippen molar-refractivity contribution in [2.45, 2.75) is 45.3 Å². The van der Waals surface area contributed by atoms with E-state index >= 15 is 0 Å². The molecule has 2 aromatic heterocycles. The molecule has 0 unspecified atom stereocenters. The number of nitrogens with zero attached hydrogens (tertiary/aromatic N) is 2. The van der Waals surface area contributed by atoms with Gasteiger partial charge in [0, 0.05) is 30.2 Å². The molecule has 0 bridgehead atoms. The molecule has 20 heavy (non-hydrogen) atoms. The summed E-state index contributed by atoms with van der Waals surface area (Å²) in [5.41, 5.74) is 0. The number of anilines is 1. The molecule has 3 rings (SSSR count). The van der Waals surface area contributed by atoms with Gasteiger partial charge in [0.2, 0.25) is 0 Å². The van der Waals surface area contributed by atoms with E-state index in [0.29, 0.717) is 6.04 Å². The van der Waals surface area contributed by atoms with E-state index in [-0.39, 0.29) is 0 Å². The Morgan fingerprint density at radius 1 is 1.45 bits per heavy atom. The summed E-state index contributed by atoms with van der Waals surface area (Å²) in [6.07, 6.45) is 7.49. The Balaban J connectivity index is 1.59. The van der Waals surface area contributed by atoms with Gasteiger partial charge in [0.15, 0.2) is 5.13 Å².